The number of nitrogens with zero attached hydrogens (tertiary/aromatic N) is 1. The first-order valence-corrected chi connectivity index (χ1v) is 8.20. The number of rotatable bonds is 2. The van der Waals surface area contributed by atoms with Gasteiger partial charge in [-0.1, -0.05) is 6.07 Å². The maximum absolute atomic E-state index is 3.78. The van der Waals surface area contributed by atoms with Crippen LogP contribution in [-0.4, -0.2) is 30.1 Å². The molecule has 2 atom stereocenters. The van der Waals surface area contributed by atoms with Gasteiger partial charge in [-0.3, -0.25) is 0 Å². The summed E-state index contributed by atoms with van der Waals surface area (Å²) in [7, 11) is 0. The Morgan fingerprint density at radius 3 is 2.84 bits per heavy atom. The summed E-state index contributed by atoms with van der Waals surface area (Å²) in [4.78, 5) is 2.68. The molecule has 104 valence electrons. The van der Waals surface area contributed by atoms with Crippen LogP contribution in [0.3, 0.4) is 0 Å². The van der Waals surface area contributed by atoms with Gasteiger partial charge in [-0.2, -0.15) is 0 Å². The standard InChI is InChI=1S/C16H23BrN2/c1-11-8-12(2)16(15(17)9-11)18-13-5-7-19-6-3-4-14(19)10-13/h8-9,13-14,18H,3-7,10H2,1-2H3. The first kappa shape index (κ1) is 13.4. The van der Waals surface area contributed by atoms with Crippen LogP contribution in [0.4, 0.5) is 5.69 Å². The molecular formula is C16H23BrN2. The zero-order chi connectivity index (χ0) is 13.4. The highest BCUT2D eigenvalue weighted by Gasteiger charge is 2.31. The van der Waals surface area contributed by atoms with Gasteiger partial charge in [-0.25, -0.2) is 0 Å². The van der Waals surface area contributed by atoms with Gasteiger partial charge >= 0.3 is 0 Å². The normalized spacial score (nSPS) is 27.3. The van der Waals surface area contributed by atoms with Crippen LogP contribution in [0.15, 0.2) is 16.6 Å². The predicted molar refractivity (Wildman–Crippen MR) is 84.9 cm³/mol. The molecule has 0 aliphatic carbocycles. The van der Waals surface area contributed by atoms with Gasteiger partial charge in [0, 0.05) is 23.1 Å². The highest BCUT2D eigenvalue weighted by molar-refractivity contribution is 9.10. The lowest BCUT2D eigenvalue weighted by Crippen LogP contribution is -2.42. The molecule has 1 aromatic rings. The number of piperidine rings is 1. The van der Waals surface area contributed by atoms with E-state index in [0.717, 1.165) is 6.04 Å². The SMILES string of the molecule is Cc1cc(C)c(NC2CCN3CCCC3C2)c(Br)c1. The van der Waals surface area contributed by atoms with Crippen LogP contribution in [0.5, 0.6) is 0 Å². The van der Waals surface area contributed by atoms with E-state index >= 15 is 0 Å². The highest BCUT2D eigenvalue weighted by atomic mass is 79.9. The first-order chi connectivity index (χ1) is 9.13. The lowest BCUT2D eigenvalue weighted by molar-refractivity contribution is 0.188. The molecule has 0 amide bonds. The van der Waals surface area contributed by atoms with Gasteiger partial charge in [0.05, 0.1) is 5.69 Å². The largest absolute Gasteiger partial charge is 0.381 e. The number of aryl methyl sites for hydroxylation is 2. The molecule has 2 unspecified atom stereocenters. The van der Waals surface area contributed by atoms with E-state index in [-0.39, 0.29) is 0 Å². The maximum atomic E-state index is 3.78. The number of nitrogens with one attached hydrogen (secondary N) is 1. The third kappa shape index (κ3) is 2.82. The van der Waals surface area contributed by atoms with Gasteiger partial charge in [-0.05, 0) is 79.2 Å². The second-order valence-electron chi connectivity index (χ2n) is 6.14. The van der Waals surface area contributed by atoms with Gasteiger partial charge in [0.2, 0.25) is 0 Å². The molecule has 0 bridgehead atoms. The van der Waals surface area contributed by atoms with Crippen molar-refractivity contribution in [3.05, 3.63) is 27.7 Å². The van der Waals surface area contributed by atoms with Crippen LogP contribution in [0.2, 0.25) is 0 Å². The monoisotopic (exact) mass is 322 g/mol. The minimum absolute atomic E-state index is 0.636. The van der Waals surface area contributed by atoms with E-state index in [9.17, 15) is 0 Å². The molecular weight excluding hydrogens is 300 g/mol. The fraction of sp³-hybridized carbons (Fsp3) is 0.625. The van der Waals surface area contributed by atoms with Gasteiger partial charge in [0.15, 0.2) is 0 Å². The van der Waals surface area contributed by atoms with Gasteiger partial charge in [0.1, 0.15) is 0 Å². The maximum Gasteiger partial charge on any atom is 0.0516 e. The molecule has 0 spiro atoms. The number of benzene rings is 1. The van der Waals surface area contributed by atoms with E-state index in [0.29, 0.717) is 6.04 Å². The van der Waals surface area contributed by atoms with Crippen LogP contribution in [0.25, 0.3) is 0 Å². The zero-order valence-electron chi connectivity index (χ0n) is 11.9. The second-order valence-corrected chi connectivity index (χ2v) is 6.99. The Bertz CT molecular complexity index is 449. The van der Waals surface area contributed by atoms with Crippen molar-refractivity contribution in [3.63, 3.8) is 0 Å². The zero-order valence-corrected chi connectivity index (χ0v) is 13.5. The van der Waals surface area contributed by atoms with Gasteiger partial charge in [0.25, 0.3) is 0 Å². The summed E-state index contributed by atoms with van der Waals surface area (Å²) < 4.78 is 1.21. The first-order valence-electron chi connectivity index (χ1n) is 7.41. The topological polar surface area (TPSA) is 15.3 Å². The second kappa shape index (κ2) is 5.45. The van der Waals surface area contributed by atoms with Gasteiger partial charge in [-0.15, -0.1) is 0 Å². The van der Waals surface area contributed by atoms with Crippen LogP contribution >= 0.6 is 15.9 Å². The van der Waals surface area contributed by atoms with Crippen molar-refractivity contribution in [2.24, 2.45) is 0 Å². The van der Waals surface area contributed by atoms with Crippen LogP contribution in [0, 0.1) is 13.8 Å². The van der Waals surface area contributed by atoms with E-state index in [4.69, 9.17) is 0 Å². The molecule has 2 heterocycles. The molecule has 2 fully saturated rings. The lowest BCUT2D eigenvalue weighted by Gasteiger charge is -2.36. The molecule has 2 saturated heterocycles. The van der Waals surface area contributed by atoms with E-state index in [1.165, 1.54) is 60.1 Å². The van der Waals surface area contributed by atoms with Crippen molar-refractivity contribution in [3.8, 4) is 0 Å². The van der Waals surface area contributed by atoms with Gasteiger partial charge < -0.3 is 10.2 Å². The Morgan fingerprint density at radius 1 is 1.21 bits per heavy atom. The molecule has 3 rings (SSSR count). The van der Waals surface area contributed by atoms with Crippen molar-refractivity contribution in [1.29, 1.82) is 0 Å². The minimum atomic E-state index is 0.636. The third-order valence-corrected chi connectivity index (χ3v) is 5.23. The summed E-state index contributed by atoms with van der Waals surface area (Å²) in [6.07, 6.45) is 5.37. The van der Waals surface area contributed by atoms with Crippen molar-refractivity contribution in [2.45, 2.75) is 51.6 Å². The quantitative estimate of drug-likeness (QED) is 0.881. The molecule has 2 aliphatic heterocycles. The molecule has 3 heteroatoms. The van der Waals surface area contributed by atoms with E-state index in [1.807, 2.05) is 0 Å². The van der Waals surface area contributed by atoms with Crippen molar-refractivity contribution >= 4 is 21.6 Å². The van der Waals surface area contributed by atoms with E-state index in [2.05, 4.69) is 52.1 Å². The molecule has 2 aliphatic rings. The third-order valence-electron chi connectivity index (χ3n) is 4.60. The van der Waals surface area contributed by atoms with Crippen molar-refractivity contribution < 1.29 is 0 Å². The Kier molecular flexibility index (Phi) is 3.86. The lowest BCUT2D eigenvalue weighted by atomic mass is 9.97. The Labute approximate surface area is 124 Å². The van der Waals surface area contributed by atoms with Crippen molar-refractivity contribution in [1.82, 2.24) is 4.90 Å². The summed E-state index contributed by atoms with van der Waals surface area (Å²) in [6.45, 7) is 6.94. The molecule has 0 radical (unpaired) electrons. The molecule has 0 saturated carbocycles. The van der Waals surface area contributed by atoms with Crippen LogP contribution in [0.1, 0.15) is 36.8 Å². The minimum Gasteiger partial charge on any atom is -0.381 e. The Balaban J connectivity index is 1.72. The number of hydrogen-bond acceptors (Lipinski definition) is 2. The van der Waals surface area contributed by atoms with Crippen LogP contribution < -0.4 is 5.32 Å². The number of anilines is 1. The molecule has 0 aromatic heterocycles. The summed E-state index contributed by atoms with van der Waals surface area (Å²) >= 11 is 3.71. The van der Waals surface area contributed by atoms with Crippen molar-refractivity contribution in [2.75, 3.05) is 18.4 Å². The van der Waals surface area contributed by atoms with E-state index in [1.54, 1.807) is 0 Å². The summed E-state index contributed by atoms with van der Waals surface area (Å²) in [5, 5.41) is 3.78. The summed E-state index contributed by atoms with van der Waals surface area (Å²) in [5.41, 5.74) is 3.96. The van der Waals surface area contributed by atoms with E-state index < -0.39 is 0 Å². The number of fused-ring (bicyclic) bond motifs is 1. The fourth-order valence-corrected chi connectivity index (χ4v) is 4.45. The predicted octanol–water partition coefficient (Wildman–Crippen LogP) is 4.10. The molecule has 1 aromatic carbocycles. The number of halogens is 1. The molecule has 1 N–H and O–H groups in total. The number of hydrogen-bond donors (Lipinski definition) is 1. The molecule has 2 nitrogen and oxygen atoms in total. The molecule has 19 heavy (non-hydrogen) atoms. The Morgan fingerprint density at radius 2 is 2.05 bits per heavy atom. The Hall–Kier alpha value is -0.540. The average Bonchev–Trinajstić information content (AvgIpc) is 2.81. The fourth-order valence-electron chi connectivity index (χ4n) is 3.66. The van der Waals surface area contributed by atoms with Crippen LogP contribution in [-0.2, 0) is 0 Å². The average molecular weight is 323 g/mol. The summed E-state index contributed by atoms with van der Waals surface area (Å²) in [6, 6.07) is 5.94. The summed E-state index contributed by atoms with van der Waals surface area (Å²) in [5.74, 6) is 0. The smallest absolute Gasteiger partial charge is 0.0516 e. The highest BCUT2D eigenvalue weighted by Crippen LogP contribution is 2.32.